The summed E-state index contributed by atoms with van der Waals surface area (Å²) in [6.45, 7) is 2.31. The number of phenolic OH excluding ortho intramolecular Hbond substituents is 1. The molecule has 0 aliphatic heterocycles. The first-order valence-electron chi connectivity index (χ1n) is 6.90. The summed E-state index contributed by atoms with van der Waals surface area (Å²) in [7, 11) is -4.23. The maximum atomic E-state index is 10.2. The molecule has 0 aromatic heterocycles. The molecule has 1 rings (SSSR count). The second-order valence-electron chi connectivity index (χ2n) is 4.43. The van der Waals surface area contributed by atoms with E-state index in [1.54, 1.807) is 24.3 Å². The Morgan fingerprint density at radius 3 is 2.00 bits per heavy atom. The molecule has 116 valence electrons. The predicted octanol–water partition coefficient (Wildman–Crippen LogP) is 3.85. The fourth-order valence-electron chi connectivity index (χ4n) is 1.49. The molecule has 1 aromatic carbocycles. The minimum atomic E-state index is -4.23. The maximum Gasteiger partial charge on any atom is 0.469 e. The largest absolute Gasteiger partial charge is 0.508 e. The third-order valence-electron chi connectivity index (χ3n) is 2.51. The number of phosphoric ester groups is 1. The Morgan fingerprint density at radius 2 is 1.55 bits per heavy atom. The number of hydrogen-bond acceptors (Lipinski definition) is 3. The molecule has 0 saturated heterocycles. The van der Waals surface area contributed by atoms with Gasteiger partial charge in [0.05, 0.1) is 6.61 Å². The average molecular weight is 304 g/mol. The Kier molecular flexibility index (Phi) is 11.4. The van der Waals surface area contributed by atoms with Crippen LogP contribution in [0, 0.1) is 0 Å². The first-order valence-corrected chi connectivity index (χ1v) is 8.43. The number of para-hydroxylation sites is 1. The van der Waals surface area contributed by atoms with Crippen LogP contribution in [-0.2, 0) is 9.09 Å². The number of phosphoric acid groups is 1. The molecule has 0 heterocycles. The van der Waals surface area contributed by atoms with Gasteiger partial charge in [-0.3, -0.25) is 4.52 Å². The molecule has 5 nitrogen and oxygen atoms in total. The molecule has 0 fully saturated rings. The van der Waals surface area contributed by atoms with Crippen LogP contribution in [0.2, 0.25) is 0 Å². The lowest BCUT2D eigenvalue weighted by molar-refractivity contribution is 0.193. The van der Waals surface area contributed by atoms with E-state index >= 15 is 0 Å². The summed E-state index contributed by atoms with van der Waals surface area (Å²) in [5.74, 6) is 0.322. The van der Waals surface area contributed by atoms with Gasteiger partial charge in [0.2, 0.25) is 0 Å². The Bertz CT molecular complexity index is 363. The standard InChI is InChI=1S/C8H19O4P.C6H6O/c1-2-3-4-5-6-7-8-12-13(9,10)11;7-6-4-2-1-3-5-6/h2-8H2,1H3,(H2,9,10,11);1-5,7H. The van der Waals surface area contributed by atoms with E-state index in [0.29, 0.717) is 5.75 Å². The zero-order chi connectivity index (χ0) is 15.3. The van der Waals surface area contributed by atoms with Gasteiger partial charge in [-0.1, -0.05) is 57.2 Å². The number of benzene rings is 1. The van der Waals surface area contributed by atoms with Gasteiger partial charge in [0.25, 0.3) is 0 Å². The number of unbranched alkanes of at least 4 members (excludes halogenated alkanes) is 5. The van der Waals surface area contributed by atoms with Crippen molar-refractivity contribution in [2.45, 2.75) is 45.4 Å². The van der Waals surface area contributed by atoms with Gasteiger partial charge in [-0.15, -0.1) is 0 Å². The van der Waals surface area contributed by atoms with E-state index in [1.165, 1.54) is 19.3 Å². The molecule has 0 atom stereocenters. The fraction of sp³-hybridized carbons (Fsp3) is 0.571. The van der Waals surface area contributed by atoms with Crippen molar-refractivity contribution in [3.8, 4) is 5.75 Å². The highest BCUT2D eigenvalue weighted by Crippen LogP contribution is 2.35. The van der Waals surface area contributed by atoms with E-state index in [-0.39, 0.29) is 6.61 Å². The number of aromatic hydroxyl groups is 1. The van der Waals surface area contributed by atoms with Gasteiger partial charge in [0, 0.05) is 0 Å². The van der Waals surface area contributed by atoms with Gasteiger partial charge in [0.15, 0.2) is 0 Å². The summed E-state index contributed by atoms with van der Waals surface area (Å²) in [4.78, 5) is 16.7. The van der Waals surface area contributed by atoms with E-state index in [0.717, 1.165) is 19.3 Å². The van der Waals surface area contributed by atoms with Crippen molar-refractivity contribution in [2.24, 2.45) is 0 Å². The zero-order valence-corrected chi connectivity index (χ0v) is 12.8. The van der Waals surface area contributed by atoms with Crippen LogP contribution < -0.4 is 0 Å². The highest BCUT2D eigenvalue weighted by atomic mass is 31.2. The molecule has 3 N–H and O–H groups in total. The third kappa shape index (κ3) is 15.2. The van der Waals surface area contributed by atoms with E-state index in [4.69, 9.17) is 14.9 Å². The SMILES string of the molecule is CCCCCCCCOP(=O)(O)O.Oc1ccccc1. The van der Waals surface area contributed by atoms with Crippen molar-refractivity contribution in [1.82, 2.24) is 0 Å². The fourth-order valence-corrected chi connectivity index (χ4v) is 1.86. The first-order chi connectivity index (χ1) is 9.45. The van der Waals surface area contributed by atoms with Crippen LogP contribution in [0.15, 0.2) is 30.3 Å². The number of hydrogen-bond donors (Lipinski definition) is 3. The molecule has 6 heteroatoms. The molecular weight excluding hydrogens is 279 g/mol. The lowest BCUT2D eigenvalue weighted by Gasteiger charge is -2.04. The van der Waals surface area contributed by atoms with Crippen LogP contribution in [0.5, 0.6) is 5.75 Å². The molecule has 1 aromatic rings. The summed E-state index contributed by atoms with van der Waals surface area (Å²) in [6.07, 6.45) is 6.48. The molecule has 0 saturated carbocycles. The summed E-state index contributed by atoms with van der Waals surface area (Å²) in [5, 5.41) is 8.63. The van der Waals surface area contributed by atoms with Gasteiger partial charge in [-0.2, -0.15) is 0 Å². The number of rotatable bonds is 8. The summed E-state index contributed by atoms with van der Waals surface area (Å²) >= 11 is 0. The van der Waals surface area contributed by atoms with Crippen LogP contribution in [0.3, 0.4) is 0 Å². The molecular formula is C14H25O5P. The third-order valence-corrected chi connectivity index (χ3v) is 3.03. The minimum absolute atomic E-state index is 0.163. The lowest BCUT2D eigenvalue weighted by Crippen LogP contribution is -1.92. The topological polar surface area (TPSA) is 87.0 Å². The molecule has 0 aliphatic carbocycles. The average Bonchev–Trinajstić information content (AvgIpc) is 2.38. The first kappa shape index (κ1) is 19.1. The maximum absolute atomic E-state index is 10.2. The normalized spacial score (nSPS) is 10.8. The molecule has 0 amide bonds. The van der Waals surface area contributed by atoms with E-state index in [1.807, 2.05) is 6.07 Å². The summed E-state index contributed by atoms with van der Waals surface area (Å²) in [5.41, 5.74) is 0. The molecule has 0 unspecified atom stereocenters. The van der Waals surface area contributed by atoms with E-state index < -0.39 is 7.82 Å². The van der Waals surface area contributed by atoms with Gasteiger partial charge < -0.3 is 14.9 Å². The molecule has 0 radical (unpaired) electrons. The lowest BCUT2D eigenvalue weighted by atomic mass is 10.1. The predicted molar refractivity (Wildman–Crippen MR) is 79.5 cm³/mol. The Morgan fingerprint density at radius 1 is 1.00 bits per heavy atom. The Hall–Kier alpha value is -0.870. The van der Waals surface area contributed by atoms with Crippen molar-refractivity contribution in [3.05, 3.63) is 30.3 Å². The van der Waals surface area contributed by atoms with Gasteiger partial charge in [-0.25, -0.2) is 4.57 Å². The van der Waals surface area contributed by atoms with Crippen LogP contribution in [0.4, 0.5) is 0 Å². The second kappa shape index (κ2) is 11.9. The second-order valence-corrected chi connectivity index (χ2v) is 5.67. The molecule has 20 heavy (non-hydrogen) atoms. The van der Waals surface area contributed by atoms with Crippen molar-refractivity contribution >= 4 is 7.82 Å². The van der Waals surface area contributed by atoms with Crippen molar-refractivity contribution in [3.63, 3.8) is 0 Å². The Balaban J connectivity index is 0.000000428. The molecule has 0 aliphatic rings. The zero-order valence-electron chi connectivity index (χ0n) is 11.9. The minimum Gasteiger partial charge on any atom is -0.508 e. The van der Waals surface area contributed by atoms with Crippen LogP contribution in [0.1, 0.15) is 45.4 Å². The highest BCUT2D eigenvalue weighted by molar-refractivity contribution is 7.46. The van der Waals surface area contributed by atoms with Crippen molar-refractivity contribution in [1.29, 1.82) is 0 Å². The molecule has 0 bridgehead atoms. The Labute approximate surface area is 120 Å². The summed E-state index contributed by atoms with van der Waals surface area (Å²) < 4.78 is 14.5. The van der Waals surface area contributed by atoms with E-state index in [9.17, 15) is 4.57 Å². The van der Waals surface area contributed by atoms with Crippen LogP contribution in [0.25, 0.3) is 0 Å². The van der Waals surface area contributed by atoms with Crippen LogP contribution in [-0.4, -0.2) is 21.5 Å². The monoisotopic (exact) mass is 304 g/mol. The van der Waals surface area contributed by atoms with Gasteiger partial charge >= 0.3 is 7.82 Å². The van der Waals surface area contributed by atoms with Gasteiger partial charge in [0.1, 0.15) is 5.75 Å². The van der Waals surface area contributed by atoms with Crippen molar-refractivity contribution in [2.75, 3.05) is 6.61 Å². The smallest absolute Gasteiger partial charge is 0.469 e. The number of phenols is 1. The highest BCUT2D eigenvalue weighted by Gasteiger charge is 2.12. The van der Waals surface area contributed by atoms with Crippen molar-refractivity contribution < 1.29 is 24.0 Å². The molecule has 0 spiro atoms. The summed E-state index contributed by atoms with van der Waals surface area (Å²) in [6, 6.07) is 8.71. The quantitative estimate of drug-likeness (QED) is 0.501. The van der Waals surface area contributed by atoms with Crippen LogP contribution >= 0.6 is 7.82 Å². The van der Waals surface area contributed by atoms with E-state index in [2.05, 4.69) is 11.4 Å². The van der Waals surface area contributed by atoms with Gasteiger partial charge in [-0.05, 0) is 18.6 Å².